The minimum atomic E-state index is -1.10. The summed E-state index contributed by atoms with van der Waals surface area (Å²) in [6.07, 6.45) is 2.29. The van der Waals surface area contributed by atoms with Crippen LogP contribution < -0.4 is 5.32 Å². The van der Waals surface area contributed by atoms with Crippen molar-refractivity contribution in [3.8, 4) is 0 Å². The van der Waals surface area contributed by atoms with Crippen LogP contribution in [0.2, 0.25) is 0 Å². The minimum Gasteiger partial charge on any atom is -0.476 e. The summed E-state index contributed by atoms with van der Waals surface area (Å²) < 4.78 is 1.51. The number of carbonyl (C=O) groups is 2. The second-order valence-corrected chi connectivity index (χ2v) is 5.66. The molecular weight excluding hydrogens is 274 g/mol. The molecule has 0 spiro atoms. The van der Waals surface area contributed by atoms with Crippen molar-refractivity contribution in [3.05, 3.63) is 11.9 Å². The number of nitrogens with one attached hydrogen (secondary N) is 1. The summed E-state index contributed by atoms with van der Waals surface area (Å²) in [5, 5.41) is 19.2. The van der Waals surface area contributed by atoms with Gasteiger partial charge in [0.05, 0.1) is 12.2 Å². The Kier molecular flexibility index (Phi) is 4.44. The van der Waals surface area contributed by atoms with Gasteiger partial charge in [0.15, 0.2) is 5.69 Å². The van der Waals surface area contributed by atoms with Gasteiger partial charge in [-0.2, -0.15) is 0 Å². The number of likely N-dealkylation sites (tertiary alicyclic amines) is 1. The Labute approximate surface area is 123 Å². The molecule has 2 amide bonds. The number of rotatable bonds is 5. The fraction of sp³-hybridized carbons (Fsp3) is 0.692. The Morgan fingerprint density at radius 3 is 2.62 bits per heavy atom. The predicted octanol–water partition coefficient (Wildman–Crippen LogP) is 0.977. The molecule has 0 aromatic carbocycles. The Bertz CT molecular complexity index is 522. The van der Waals surface area contributed by atoms with E-state index in [0.29, 0.717) is 19.0 Å². The molecule has 0 saturated carbocycles. The number of aromatic carboxylic acids is 1. The Hall–Kier alpha value is -2.12. The van der Waals surface area contributed by atoms with Gasteiger partial charge in [0.1, 0.15) is 0 Å². The lowest BCUT2D eigenvalue weighted by atomic mass is 10.0. The molecule has 8 heteroatoms. The molecule has 0 bridgehead atoms. The zero-order valence-electron chi connectivity index (χ0n) is 12.5. The highest BCUT2D eigenvalue weighted by molar-refractivity contribution is 5.84. The molecule has 2 heterocycles. The van der Waals surface area contributed by atoms with E-state index in [1.54, 1.807) is 4.90 Å². The molecular formula is C13H21N5O3. The molecule has 116 valence electrons. The molecule has 8 nitrogen and oxygen atoms in total. The number of hydrogen-bond donors (Lipinski definition) is 2. The number of hydrogen-bond acceptors (Lipinski definition) is 4. The standard InChI is InChI=1S/C13H21N5O3/c1-4-10(8(2)3)14-13(21)17-5-9(6-17)18-7-11(12(19)20)15-16-18/h7-10H,4-6H2,1-3H3,(H,14,21)(H,19,20). The van der Waals surface area contributed by atoms with Crippen molar-refractivity contribution in [2.24, 2.45) is 5.92 Å². The van der Waals surface area contributed by atoms with Crippen LogP contribution in [0.3, 0.4) is 0 Å². The highest BCUT2D eigenvalue weighted by Crippen LogP contribution is 2.20. The van der Waals surface area contributed by atoms with Crippen molar-refractivity contribution < 1.29 is 14.7 Å². The minimum absolute atomic E-state index is 0.00419. The Morgan fingerprint density at radius 2 is 2.14 bits per heavy atom. The van der Waals surface area contributed by atoms with Gasteiger partial charge in [-0.25, -0.2) is 14.3 Å². The van der Waals surface area contributed by atoms with E-state index in [1.165, 1.54) is 10.9 Å². The molecule has 1 aromatic rings. The largest absolute Gasteiger partial charge is 0.476 e. The molecule has 1 aliphatic rings. The van der Waals surface area contributed by atoms with Crippen LogP contribution in [0.15, 0.2) is 6.20 Å². The number of carbonyl (C=O) groups excluding carboxylic acids is 1. The van der Waals surface area contributed by atoms with E-state index in [4.69, 9.17) is 5.11 Å². The lowest BCUT2D eigenvalue weighted by Crippen LogP contribution is -2.56. The first-order valence-electron chi connectivity index (χ1n) is 7.13. The first kappa shape index (κ1) is 15.3. The third-order valence-corrected chi connectivity index (χ3v) is 3.81. The Balaban J connectivity index is 1.85. The number of carboxylic acids is 1. The maximum Gasteiger partial charge on any atom is 0.358 e. The van der Waals surface area contributed by atoms with Crippen LogP contribution >= 0.6 is 0 Å². The van der Waals surface area contributed by atoms with E-state index in [0.717, 1.165) is 6.42 Å². The van der Waals surface area contributed by atoms with Crippen molar-refractivity contribution in [3.63, 3.8) is 0 Å². The smallest absolute Gasteiger partial charge is 0.358 e. The number of nitrogens with zero attached hydrogens (tertiary/aromatic N) is 4. The first-order valence-corrected chi connectivity index (χ1v) is 7.13. The zero-order chi connectivity index (χ0) is 15.6. The molecule has 1 aromatic heterocycles. The van der Waals surface area contributed by atoms with Gasteiger partial charge >= 0.3 is 12.0 Å². The van der Waals surface area contributed by atoms with E-state index in [1.807, 2.05) is 6.92 Å². The Morgan fingerprint density at radius 1 is 1.48 bits per heavy atom. The average molecular weight is 295 g/mol. The van der Waals surface area contributed by atoms with Crippen LogP contribution in [0.4, 0.5) is 4.79 Å². The summed E-state index contributed by atoms with van der Waals surface area (Å²) in [5.41, 5.74) is -0.0799. The van der Waals surface area contributed by atoms with Crippen molar-refractivity contribution in [2.45, 2.75) is 39.3 Å². The van der Waals surface area contributed by atoms with Gasteiger partial charge in [-0.15, -0.1) is 5.10 Å². The average Bonchev–Trinajstić information content (AvgIpc) is 2.83. The predicted molar refractivity (Wildman–Crippen MR) is 75.0 cm³/mol. The lowest BCUT2D eigenvalue weighted by Gasteiger charge is -2.39. The number of urea groups is 1. The molecule has 0 aliphatic carbocycles. The monoisotopic (exact) mass is 295 g/mol. The van der Waals surface area contributed by atoms with Gasteiger partial charge in [0, 0.05) is 19.1 Å². The zero-order valence-corrected chi connectivity index (χ0v) is 12.5. The molecule has 1 saturated heterocycles. The van der Waals surface area contributed by atoms with Crippen molar-refractivity contribution >= 4 is 12.0 Å². The third-order valence-electron chi connectivity index (χ3n) is 3.81. The summed E-state index contributed by atoms with van der Waals surface area (Å²) >= 11 is 0. The number of carboxylic acid groups (broad SMARTS) is 1. The lowest BCUT2D eigenvalue weighted by molar-refractivity contribution is 0.0690. The molecule has 2 N–H and O–H groups in total. The van der Waals surface area contributed by atoms with Crippen LogP contribution in [0.1, 0.15) is 43.7 Å². The highest BCUT2D eigenvalue weighted by atomic mass is 16.4. The van der Waals surface area contributed by atoms with Crippen LogP contribution in [-0.2, 0) is 0 Å². The van der Waals surface area contributed by atoms with E-state index < -0.39 is 5.97 Å². The molecule has 0 radical (unpaired) electrons. The normalized spacial score (nSPS) is 16.7. The topological polar surface area (TPSA) is 100 Å². The van der Waals surface area contributed by atoms with Crippen molar-refractivity contribution in [2.75, 3.05) is 13.1 Å². The molecule has 1 unspecified atom stereocenters. The second kappa shape index (κ2) is 6.11. The van der Waals surface area contributed by atoms with Gasteiger partial charge in [0.25, 0.3) is 0 Å². The quantitative estimate of drug-likeness (QED) is 0.843. The van der Waals surface area contributed by atoms with Crippen molar-refractivity contribution in [1.29, 1.82) is 0 Å². The summed E-state index contributed by atoms with van der Waals surface area (Å²) in [4.78, 5) is 24.5. The SMILES string of the molecule is CCC(NC(=O)N1CC(n2cc(C(=O)O)nn2)C1)C(C)C. The molecule has 1 atom stereocenters. The van der Waals surface area contributed by atoms with E-state index in [2.05, 4.69) is 29.5 Å². The second-order valence-electron chi connectivity index (χ2n) is 5.66. The van der Waals surface area contributed by atoms with E-state index in [9.17, 15) is 9.59 Å². The van der Waals surface area contributed by atoms with Crippen LogP contribution in [0.25, 0.3) is 0 Å². The fourth-order valence-electron chi connectivity index (χ4n) is 2.33. The number of amides is 2. The third kappa shape index (κ3) is 3.32. The summed E-state index contributed by atoms with van der Waals surface area (Å²) in [6.45, 7) is 7.24. The molecule has 2 rings (SSSR count). The van der Waals surface area contributed by atoms with Gasteiger partial charge in [-0.05, 0) is 12.3 Å². The van der Waals surface area contributed by atoms with Crippen LogP contribution in [0, 0.1) is 5.92 Å². The summed E-state index contributed by atoms with van der Waals surface area (Å²) in [7, 11) is 0. The first-order chi connectivity index (χ1) is 9.92. The number of aromatic nitrogens is 3. The summed E-state index contributed by atoms with van der Waals surface area (Å²) in [5.74, 6) is -0.706. The highest BCUT2D eigenvalue weighted by Gasteiger charge is 2.34. The molecule has 1 aliphatic heterocycles. The molecule has 1 fully saturated rings. The van der Waals surface area contributed by atoms with E-state index in [-0.39, 0.29) is 23.8 Å². The van der Waals surface area contributed by atoms with E-state index >= 15 is 0 Å². The summed E-state index contributed by atoms with van der Waals surface area (Å²) in [6, 6.07) is 0.0855. The van der Waals surface area contributed by atoms with Crippen LogP contribution in [-0.4, -0.2) is 56.1 Å². The van der Waals surface area contributed by atoms with Gasteiger partial charge in [-0.3, -0.25) is 0 Å². The van der Waals surface area contributed by atoms with Gasteiger partial charge < -0.3 is 15.3 Å². The van der Waals surface area contributed by atoms with Gasteiger partial charge in [-0.1, -0.05) is 26.0 Å². The molecule has 21 heavy (non-hydrogen) atoms. The van der Waals surface area contributed by atoms with Crippen molar-refractivity contribution in [1.82, 2.24) is 25.2 Å². The maximum atomic E-state index is 12.1. The maximum absolute atomic E-state index is 12.1. The fourth-order valence-corrected chi connectivity index (χ4v) is 2.33. The van der Waals surface area contributed by atoms with Gasteiger partial charge in [0.2, 0.25) is 0 Å². The van der Waals surface area contributed by atoms with Crippen LogP contribution in [0.5, 0.6) is 0 Å².